The van der Waals surface area contributed by atoms with Gasteiger partial charge in [-0.2, -0.15) is 0 Å². The van der Waals surface area contributed by atoms with Crippen LogP contribution in [-0.2, 0) is 0 Å². The Bertz CT molecular complexity index is 295. The number of hydrogen-bond donors (Lipinski definition) is 1. The molecule has 0 spiro atoms. The fourth-order valence-corrected chi connectivity index (χ4v) is 1.15. The molecule has 12 heavy (non-hydrogen) atoms. The second kappa shape index (κ2) is 3.34. The molecule has 0 radical (unpaired) electrons. The maximum absolute atomic E-state index is 10.3. The molecule has 0 saturated carbocycles. The molecule has 0 fully saturated rings. The molecular formula is C9H12N2O. The van der Waals surface area contributed by atoms with Crippen molar-refractivity contribution in [2.75, 3.05) is 5.73 Å². The number of nitrogens with zero attached hydrogens (tertiary/aromatic N) is 1. The van der Waals surface area contributed by atoms with Gasteiger partial charge in [-0.05, 0) is 22.7 Å². The van der Waals surface area contributed by atoms with Crippen LogP contribution in [0.3, 0.4) is 0 Å². The zero-order chi connectivity index (χ0) is 9.14. The average Bonchev–Trinajstić information content (AvgIpc) is 2.04. The van der Waals surface area contributed by atoms with Crippen molar-refractivity contribution in [1.82, 2.24) is 0 Å². The van der Waals surface area contributed by atoms with E-state index < -0.39 is 0 Å². The summed E-state index contributed by atoms with van der Waals surface area (Å²) in [6.45, 7) is 4.06. The number of anilines is 1. The highest BCUT2D eigenvalue weighted by Crippen LogP contribution is 2.29. The first-order chi connectivity index (χ1) is 5.66. The van der Waals surface area contributed by atoms with Crippen LogP contribution < -0.4 is 5.73 Å². The highest BCUT2D eigenvalue weighted by molar-refractivity contribution is 5.67. The predicted octanol–water partition coefficient (Wildman–Crippen LogP) is 2.79. The van der Waals surface area contributed by atoms with Crippen molar-refractivity contribution in [3.63, 3.8) is 0 Å². The second-order valence-electron chi connectivity index (χ2n) is 3.03. The third kappa shape index (κ3) is 1.44. The van der Waals surface area contributed by atoms with Crippen molar-refractivity contribution in [3.05, 3.63) is 28.7 Å². The Morgan fingerprint density at radius 2 is 2.08 bits per heavy atom. The van der Waals surface area contributed by atoms with Crippen molar-refractivity contribution < 1.29 is 0 Å². The van der Waals surface area contributed by atoms with Crippen LogP contribution in [0.1, 0.15) is 25.3 Å². The maximum atomic E-state index is 10.3. The minimum absolute atomic E-state index is 0.326. The average molecular weight is 164 g/mol. The third-order valence-electron chi connectivity index (χ3n) is 1.84. The maximum Gasteiger partial charge on any atom is 0.131 e. The van der Waals surface area contributed by atoms with Crippen LogP contribution in [0.15, 0.2) is 23.4 Å². The third-order valence-corrected chi connectivity index (χ3v) is 1.84. The Morgan fingerprint density at radius 3 is 2.58 bits per heavy atom. The number of para-hydroxylation sites is 1. The topological polar surface area (TPSA) is 55.5 Å². The van der Waals surface area contributed by atoms with Crippen LogP contribution in [0, 0.1) is 4.91 Å². The van der Waals surface area contributed by atoms with Gasteiger partial charge in [0, 0.05) is 0 Å². The summed E-state index contributed by atoms with van der Waals surface area (Å²) in [5.74, 6) is 0.326. The van der Waals surface area contributed by atoms with E-state index >= 15 is 0 Å². The van der Waals surface area contributed by atoms with Crippen LogP contribution in [0.5, 0.6) is 0 Å². The summed E-state index contributed by atoms with van der Waals surface area (Å²) < 4.78 is 0. The van der Waals surface area contributed by atoms with Crippen molar-refractivity contribution in [2.24, 2.45) is 5.18 Å². The van der Waals surface area contributed by atoms with Crippen molar-refractivity contribution in [2.45, 2.75) is 19.8 Å². The standard InChI is InChI=1S/C9H12N2O/c1-6(2)7-4-3-5-8(11-12)9(7)10/h3-6H,10H2,1-2H3. The molecule has 0 aromatic heterocycles. The van der Waals surface area contributed by atoms with Gasteiger partial charge >= 0.3 is 0 Å². The minimum atomic E-state index is 0.326. The quantitative estimate of drug-likeness (QED) is 0.539. The second-order valence-corrected chi connectivity index (χ2v) is 3.03. The highest BCUT2D eigenvalue weighted by Gasteiger charge is 2.07. The van der Waals surface area contributed by atoms with E-state index in [1.807, 2.05) is 19.9 Å². The summed E-state index contributed by atoms with van der Waals surface area (Å²) in [5.41, 5.74) is 7.52. The molecule has 0 atom stereocenters. The van der Waals surface area contributed by atoms with E-state index in [2.05, 4.69) is 5.18 Å². The Hall–Kier alpha value is -1.38. The fraction of sp³-hybridized carbons (Fsp3) is 0.333. The number of nitroso groups, excluding NO2 is 1. The summed E-state index contributed by atoms with van der Waals surface area (Å²) in [4.78, 5) is 10.3. The van der Waals surface area contributed by atoms with E-state index in [0.717, 1.165) is 5.56 Å². The number of rotatable bonds is 2. The number of nitrogens with two attached hydrogens (primary N) is 1. The molecular weight excluding hydrogens is 152 g/mol. The van der Waals surface area contributed by atoms with Gasteiger partial charge in [-0.15, -0.1) is 4.91 Å². The van der Waals surface area contributed by atoms with Gasteiger partial charge in [0.15, 0.2) is 0 Å². The van der Waals surface area contributed by atoms with Crippen molar-refractivity contribution in [3.8, 4) is 0 Å². The van der Waals surface area contributed by atoms with Crippen LogP contribution in [0.2, 0.25) is 0 Å². The molecule has 1 aromatic carbocycles. The molecule has 3 heteroatoms. The van der Waals surface area contributed by atoms with Crippen molar-refractivity contribution >= 4 is 11.4 Å². The predicted molar refractivity (Wildman–Crippen MR) is 50.4 cm³/mol. The summed E-state index contributed by atoms with van der Waals surface area (Å²) in [6, 6.07) is 5.32. The van der Waals surface area contributed by atoms with E-state index in [-0.39, 0.29) is 0 Å². The Labute approximate surface area is 71.6 Å². The molecule has 0 amide bonds. The lowest BCUT2D eigenvalue weighted by atomic mass is 10.0. The monoisotopic (exact) mass is 164 g/mol. The molecule has 0 saturated heterocycles. The van der Waals surface area contributed by atoms with Crippen molar-refractivity contribution in [1.29, 1.82) is 0 Å². The van der Waals surface area contributed by atoms with Gasteiger partial charge in [0.1, 0.15) is 5.69 Å². The molecule has 0 aliphatic heterocycles. The lowest BCUT2D eigenvalue weighted by Gasteiger charge is -2.09. The smallest absolute Gasteiger partial charge is 0.131 e. The van der Waals surface area contributed by atoms with Crippen LogP contribution in [-0.4, -0.2) is 0 Å². The normalized spacial score (nSPS) is 10.2. The lowest BCUT2D eigenvalue weighted by Crippen LogP contribution is -1.95. The van der Waals surface area contributed by atoms with E-state index in [0.29, 0.717) is 17.3 Å². The Morgan fingerprint density at radius 1 is 1.42 bits per heavy atom. The summed E-state index contributed by atoms with van der Waals surface area (Å²) >= 11 is 0. The zero-order valence-electron chi connectivity index (χ0n) is 7.24. The summed E-state index contributed by atoms with van der Waals surface area (Å²) in [6.07, 6.45) is 0. The molecule has 0 aliphatic rings. The Balaban J connectivity index is 3.22. The first-order valence-corrected chi connectivity index (χ1v) is 3.88. The molecule has 0 unspecified atom stereocenters. The molecule has 0 bridgehead atoms. The first-order valence-electron chi connectivity index (χ1n) is 3.88. The first kappa shape index (κ1) is 8.71. The van der Waals surface area contributed by atoms with Gasteiger partial charge in [-0.1, -0.05) is 26.0 Å². The zero-order valence-corrected chi connectivity index (χ0v) is 7.24. The van der Waals surface area contributed by atoms with Gasteiger partial charge in [0.2, 0.25) is 0 Å². The summed E-state index contributed by atoms with van der Waals surface area (Å²) in [5, 5.41) is 2.84. The molecule has 3 nitrogen and oxygen atoms in total. The van der Waals surface area contributed by atoms with E-state index in [4.69, 9.17) is 5.73 Å². The number of benzene rings is 1. The summed E-state index contributed by atoms with van der Waals surface area (Å²) in [7, 11) is 0. The number of hydrogen-bond acceptors (Lipinski definition) is 3. The van der Waals surface area contributed by atoms with Gasteiger partial charge < -0.3 is 5.73 Å². The van der Waals surface area contributed by atoms with Crippen LogP contribution >= 0.6 is 0 Å². The van der Waals surface area contributed by atoms with E-state index in [1.54, 1.807) is 12.1 Å². The largest absolute Gasteiger partial charge is 0.397 e. The molecule has 1 rings (SSSR count). The van der Waals surface area contributed by atoms with Gasteiger partial charge in [0.25, 0.3) is 0 Å². The van der Waals surface area contributed by atoms with Gasteiger partial charge in [-0.3, -0.25) is 0 Å². The Kier molecular flexibility index (Phi) is 2.43. The van der Waals surface area contributed by atoms with Gasteiger partial charge in [0.05, 0.1) is 5.69 Å². The molecule has 64 valence electrons. The van der Waals surface area contributed by atoms with Crippen LogP contribution in [0.4, 0.5) is 11.4 Å². The SMILES string of the molecule is CC(C)c1cccc(N=O)c1N. The minimum Gasteiger partial charge on any atom is -0.397 e. The molecule has 2 N–H and O–H groups in total. The number of nitrogen functional groups attached to an aromatic ring is 1. The molecule has 1 aromatic rings. The fourth-order valence-electron chi connectivity index (χ4n) is 1.15. The highest BCUT2D eigenvalue weighted by atomic mass is 16.3. The van der Waals surface area contributed by atoms with Crippen LogP contribution in [0.25, 0.3) is 0 Å². The van der Waals surface area contributed by atoms with E-state index in [9.17, 15) is 4.91 Å². The molecule has 0 heterocycles. The lowest BCUT2D eigenvalue weighted by molar-refractivity contribution is 0.870. The van der Waals surface area contributed by atoms with Gasteiger partial charge in [-0.25, -0.2) is 0 Å². The molecule has 0 aliphatic carbocycles. The van der Waals surface area contributed by atoms with E-state index in [1.165, 1.54) is 0 Å².